The highest BCUT2D eigenvalue weighted by atomic mass is 79.9. The van der Waals surface area contributed by atoms with Gasteiger partial charge in [0.2, 0.25) is 11.8 Å². The number of halogens is 1. The maximum atomic E-state index is 14.1. The van der Waals surface area contributed by atoms with Gasteiger partial charge in [0.15, 0.2) is 0 Å². The third-order valence-corrected chi connectivity index (χ3v) is 8.93. The number of hydrogen-bond acceptors (Lipinski definition) is 3. The van der Waals surface area contributed by atoms with E-state index < -0.39 is 0 Å². The lowest BCUT2D eigenvalue weighted by molar-refractivity contribution is -0.139. The molecule has 2 aliphatic heterocycles. The Balaban J connectivity index is 1.35. The Hall–Kier alpha value is -2.34. The Kier molecular flexibility index (Phi) is 8.30. The van der Waals surface area contributed by atoms with Gasteiger partial charge in [-0.25, -0.2) is 0 Å². The number of nitrogens with one attached hydrogen (secondary N) is 2. The lowest BCUT2D eigenvalue weighted by Crippen LogP contribution is -2.50. The summed E-state index contributed by atoms with van der Waals surface area (Å²) >= 11 is 3.46. The first kappa shape index (κ1) is 25.3. The highest BCUT2D eigenvalue weighted by Gasteiger charge is 2.48. The molecule has 192 valence electrons. The molecule has 0 bridgehead atoms. The van der Waals surface area contributed by atoms with Gasteiger partial charge in [-0.15, -0.1) is 0 Å². The Bertz CT molecular complexity index is 1050. The summed E-state index contributed by atoms with van der Waals surface area (Å²) in [5.41, 5.74) is 3.63. The molecule has 36 heavy (non-hydrogen) atoms. The summed E-state index contributed by atoms with van der Waals surface area (Å²) in [6, 6.07) is 19.3. The molecule has 5 nitrogen and oxygen atoms in total. The highest BCUT2D eigenvalue weighted by molar-refractivity contribution is 9.09. The largest absolute Gasteiger partial charge is 0.378 e. The zero-order valence-corrected chi connectivity index (χ0v) is 22.6. The van der Waals surface area contributed by atoms with Crippen LogP contribution in [0.3, 0.4) is 0 Å². The van der Waals surface area contributed by atoms with Gasteiger partial charge in [-0.3, -0.25) is 9.59 Å². The molecule has 0 radical (unpaired) electrons. The number of fused-ring (bicyclic) bond motifs is 3. The Morgan fingerprint density at radius 2 is 1.72 bits per heavy atom. The summed E-state index contributed by atoms with van der Waals surface area (Å²) in [6.45, 7) is 0.775. The molecule has 5 atom stereocenters. The third kappa shape index (κ3) is 5.34. The lowest BCUT2D eigenvalue weighted by atomic mass is 9.79. The van der Waals surface area contributed by atoms with Crippen molar-refractivity contribution in [3.05, 3.63) is 65.7 Å². The number of carbonyl (C=O) groups is 2. The van der Waals surface area contributed by atoms with Gasteiger partial charge in [0.1, 0.15) is 0 Å². The molecular weight excluding hydrogens is 514 g/mol. The summed E-state index contributed by atoms with van der Waals surface area (Å²) in [4.78, 5) is 29.0. The van der Waals surface area contributed by atoms with E-state index in [1.54, 1.807) is 0 Å². The summed E-state index contributed by atoms with van der Waals surface area (Å²) in [6.07, 6.45) is 8.48. The van der Waals surface area contributed by atoms with E-state index in [4.69, 9.17) is 0 Å². The molecule has 2 N–H and O–H groups in total. The SMILES string of the molecule is O=C(CCCCCBr)N[C@@H]1CCCC[C@@H]1C(=O)N1CC[C@H]2[C@H](c3ccccc3)Nc3ccccc3[C@@H]21. The fraction of sp³-hybridized carbons (Fsp3) is 0.533. The molecule has 2 aromatic rings. The molecule has 1 saturated heterocycles. The summed E-state index contributed by atoms with van der Waals surface area (Å²) in [7, 11) is 0. The van der Waals surface area contributed by atoms with Crippen molar-refractivity contribution in [1.29, 1.82) is 0 Å². The number of para-hydroxylation sites is 1. The number of carbonyl (C=O) groups excluding carboxylic acids is 2. The molecule has 0 spiro atoms. The first-order valence-corrected chi connectivity index (χ1v) is 14.9. The van der Waals surface area contributed by atoms with Crippen molar-refractivity contribution in [2.24, 2.45) is 11.8 Å². The van der Waals surface area contributed by atoms with Gasteiger partial charge in [-0.1, -0.05) is 83.7 Å². The molecule has 2 heterocycles. The van der Waals surface area contributed by atoms with E-state index >= 15 is 0 Å². The number of unbranched alkanes of at least 4 members (excludes halogenated alkanes) is 2. The van der Waals surface area contributed by atoms with Crippen LogP contribution in [-0.2, 0) is 9.59 Å². The average Bonchev–Trinajstić information content (AvgIpc) is 3.37. The standard InChI is InChI=1S/C30H38BrN3O2/c31-19-10-2-5-17-27(35)32-26-16-9-7-14-23(26)30(36)34-20-18-24-28(21-11-3-1-4-12-21)33-25-15-8-6-13-22(25)29(24)34/h1,3-4,6,8,11-13,15,23-24,26,28-29,33H,2,5,7,9-10,14,16-20H2,(H,32,35)/t23-,24-,26+,28-,29-/m0/s1. The van der Waals surface area contributed by atoms with Crippen LogP contribution in [0.5, 0.6) is 0 Å². The smallest absolute Gasteiger partial charge is 0.228 e. The van der Waals surface area contributed by atoms with Crippen LogP contribution in [0.4, 0.5) is 5.69 Å². The monoisotopic (exact) mass is 551 g/mol. The maximum Gasteiger partial charge on any atom is 0.228 e. The minimum absolute atomic E-state index is 0.0455. The minimum atomic E-state index is -0.124. The van der Waals surface area contributed by atoms with Crippen LogP contribution in [0.15, 0.2) is 54.6 Å². The zero-order chi connectivity index (χ0) is 24.9. The van der Waals surface area contributed by atoms with E-state index in [1.807, 2.05) is 0 Å². The number of rotatable bonds is 8. The van der Waals surface area contributed by atoms with Crippen molar-refractivity contribution in [1.82, 2.24) is 10.2 Å². The lowest BCUT2D eigenvalue weighted by Gasteiger charge is -2.42. The predicted molar refractivity (Wildman–Crippen MR) is 148 cm³/mol. The van der Waals surface area contributed by atoms with E-state index in [1.165, 1.54) is 11.1 Å². The van der Waals surface area contributed by atoms with Gasteiger partial charge in [0.25, 0.3) is 0 Å². The van der Waals surface area contributed by atoms with E-state index in [2.05, 4.69) is 86.1 Å². The number of nitrogens with zero attached hydrogens (tertiary/aromatic N) is 1. The average molecular weight is 553 g/mol. The number of amides is 2. The number of anilines is 1. The fourth-order valence-corrected chi connectivity index (χ4v) is 7.01. The van der Waals surface area contributed by atoms with Crippen molar-refractivity contribution in [3.63, 3.8) is 0 Å². The van der Waals surface area contributed by atoms with Gasteiger partial charge < -0.3 is 15.5 Å². The summed E-state index contributed by atoms with van der Waals surface area (Å²) in [5.74, 6) is 0.541. The molecule has 0 unspecified atom stereocenters. The number of hydrogen-bond donors (Lipinski definition) is 2. The molecular formula is C30H38BrN3O2. The van der Waals surface area contributed by atoms with E-state index in [9.17, 15) is 9.59 Å². The Morgan fingerprint density at radius 3 is 2.56 bits per heavy atom. The Morgan fingerprint density at radius 1 is 0.944 bits per heavy atom. The van der Waals surface area contributed by atoms with Crippen LogP contribution >= 0.6 is 15.9 Å². The van der Waals surface area contributed by atoms with Gasteiger partial charge in [0, 0.05) is 35.9 Å². The van der Waals surface area contributed by atoms with Crippen molar-refractivity contribution >= 4 is 33.4 Å². The molecule has 3 aliphatic rings. The van der Waals surface area contributed by atoms with Crippen molar-refractivity contribution < 1.29 is 9.59 Å². The van der Waals surface area contributed by atoms with E-state index in [0.717, 1.165) is 68.9 Å². The number of likely N-dealkylation sites (tertiary alicyclic amines) is 1. The zero-order valence-electron chi connectivity index (χ0n) is 21.0. The van der Waals surface area contributed by atoms with Crippen LogP contribution < -0.4 is 10.6 Å². The predicted octanol–water partition coefficient (Wildman–Crippen LogP) is 6.37. The second kappa shape index (κ2) is 11.8. The molecule has 0 aromatic heterocycles. The van der Waals surface area contributed by atoms with E-state index in [-0.39, 0.29) is 35.9 Å². The fourth-order valence-electron chi connectivity index (χ4n) is 6.61. The first-order valence-electron chi connectivity index (χ1n) is 13.7. The second-order valence-electron chi connectivity index (χ2n) is 10.6. The van der Waals surface area contributed by atoms with Crippen molar-refractivity contribution in [2.45, 2.75) is 75.9 Å². The molecule has 5 rings (SSSR count). The molecule has 6 heteroatoms. The Labute approximate surface area is 223 Å². The van der Waals surface area contributed by atoms with Gasteiger partial charge in [0.05, 0.1) is 18.0 Å². The van der Waals surface area contributed by atoms with Crippen molar-refractivity contribution in [3.8, 4) is 0 Å². The first-order chi connectivity index (χ1) is 17.7. The minimum Gasteiger partial charge on any atom is -0.378 e. The maximum absolute atomic E-state index is 14.1. The van der Waals surface area contributed by atoms with Gasteiger partial charge >= 0.3 is 0 Å². The van der Waals surface area contributed by atoms with E-state index in [0.29, 0.717) is 12.3 Å². The van der Waals surface area contributed by atoms with Gasteiger partial charge in [-0.05, 0) is 49.3 Å². The molecule has 2 aromatic carbocycles. The summed E-state index contributed by atoms with van der Waals surface area (Å²) in [5, 5.41) is 8.04. The topological polar surface area (TPSA) is 61.4 Å². The van der Waals surface area contributed by atoms with Crippen LogP contribution in [0.25, 0.3) is 0 Å². The normalized spacial score (nSPS) is 27.0. The van der Waals surface area contributed by atoms with Crippen LogP contribution in [0.2, 0.25) is 0 Å². The molecule has 1 saturated carbocycles. The van der Waals surface area contributed by atoms with Crippen molar-refractivity contribution in [2.75, 3.05) is 17.2 Å². The number of alkyl halides is 1. The van der Waals surface area contributed by atoms with Crippen LogP contribution in [0, 0.1) is 11.8 Å². The van der Waals surface area contributed by atoms with Crippen LogP contribution in [0.1, 0.15) is 81.0 Å². The highest BCUT2D eigenvalue weighted by Crippen LogP contribution is 2.51. The third-order valence-electron chi connectivity index (χ3n) is 8.37. The summed E-state index contributed by atoms with van der Waals surface area (Å²) < 4.78 is 0. The molecule has 2 amide bonds. The quantitative estimate of drug-likeness (QED) is 0.296. The second-order valence-corrected chi connectivity index (χ2v) is 11.4. The van der Waals surface area contributed by atoms with Gasteiger partial charge in [-0.2, -0.15) is 0 Å². The van der Waals surface area contributed by atoms with Crippen LogP contribution in [-0.4, -0.2) is 34.6 Å². The number of benzene rings is 2. The molecule has 1 aliphatic carbocycles. The molecule has 2 fully saturated rings.